The summed E-state index contributed by atoms with van der Waals surface area (Å²) < 4.78 is 15.4. The first-order valence-electron chi connectivity index (χ1n) is 11.0. The van der Waals surface area contributed by atoms with Gasteiger partial charge in [-0.2, -0.15) is 0 Å². The number of aromatic nitrogens is 4. The minimum Gasteiger partial charge on any atom is -0.347 e. The molecule has 0 radical (unpaired) electrons. The van der Waals surface area contributed by atoms with Gasteiger partial charge in [0.05, 0.1) is 5.69 Å². The molecule has 0 bridgehead atoms. The molecule has 1 aliphatic rings. The maximum Gasteiger partial charge on any atom is 0.242 e. The summed E-state index contributed by atoms with van der Waals surface area (Å²) in [4.78, 5) is 30.5. The average molecular weight is 437 g/mol. The lowest BCUT2D eigenvalue weighted by Crippen LogP contribution is -2.41. The predicted octanol–water partition coefficient (Wildman–Crippen LogP) is 3.51. The van der Waals surface area contributed by atoms with Gasteiger partial charge in [0.15, 0.2) is 0 Å². The van der Waals surface area contributed by atoms with Crippen LogP contribution in [-0.4, -0.2) is 57.5 Å². The minimum absolute atomic E-state index is 0.0860. The summed E-state index contributed by atoms with van der Waals surface area (Å²) in [6, 6.07) is 6.41. The van der Waals surface area contributed by atoms with Crippen molar-refractivity contribution < 1.29 is 9.18 Å². The van der Waals surface area contributed by atoms with Crippen LogP contribution in [0.3, 0.4) is 0 Å². The third kappa shape index (κ3) is 4.64. The van der Waals surface area contributed by atoms with Gasteiger partial charge in [0.2, 0.25) is 11.9 Å². The molecule has 3 aromatic rings. The number of carbonyl (C=O) groups excluding carboxylic acids is 1. The number of carbonyl (C=O) groups is 1. The van der Waals surface area contributed by atoms with Gasteiger partial charge in [-0.1, -0.05) is 19.1 Å². The number of hydrogen-bond acceptors (Lipinski definition) is 5. The Morgan fingerprint density at radius 2 is 2.00 bits per heavy atom. The fraction of sp³-hybridized carbons (Fsp3) is 0.417. The number of hydrogen-bond donors (Lipinski definition) is 0. The molecule has 1 aliphatic heterocycles. The summed E-state index contributed by atoms with van der Waals surface area (Å²) in [5.41, 5.74) is 2.67. The number of amides is 1. The van der Waals surface area contributed by atoms with E-state index in [0.717, 1.165) is 48.5 Å². The zero-order valence-electron chi connectivity index (χ0n) is 18.8. The molecule has 0 N–H and O–H groups in total. The molecular formula is C24H29FN6O. The van der Waals surface area contributed by atoms with Crippen molar-refractivity contribution in [1.82, 2.24) is 24.4 Å². The number of imidazole rings is 1. The summed E-state index contributed by atoms with van der Waals surface area (Å²) in [5, 5.41) is 0. The molecule has 32 heavy (non-hydrogen) atoms. The second-order valence-electron chi connectivity index (χ2n) is 8.37. The molecule has 2 aromatic heterocycles. The third-order valence-electron chi connectivity index (χ3n) is 5.95. The first kappa shape index (κ1) is 21.9. The van der Waals surface area contributed by atoms with Gasteiger partial charge >= 0.3 is 0 Å². The largest absolute Gasteiger partial charge is 0.347 e. The Morgan fingerprint density at radius 3 is 2.72 bits per heavy atom. The van der Waals surface area contributed by atoms with E-state index in [1.165, 1.54) is 12.1 Å². The number of nitrogens with zero attached hydrogens (tertiary/aromatic N) is 6. The van der Waals surface area contributed by atoms with Crippen LogP contribution in [0, 0.1) is 5.82 Å². The molecule has 168 valence electrons. The van der Waals surface area contributed by atoms with Gasteiger partial charge in [-0.15, -0.1) is 0 Å². The van der Waals surface area contributed by atoms with Crippen molar-refractivity contribution in [3.63, 3.8) is 0 Å². The third-order valence-corrected chi connectivity index (χ3v) is 5.95. The van der Waals surface area contributed by atoms with Gasteiger partial charge in [0, 0.05) is 63.7 Å². The molecule has 8 heteroatoms. The number of piperidine rings is 1. The Morgan fingerprint density at radius 1 is 1.22 bits per heavy atom. The molecule has 0 spiro atoms. The minimum atomic E-state index is -0.276. The molecule has 1 amide bonds. The fourth-order valence-corrected chi connectivity index (χ4v) is 4.23. The molecule has 4 rings (SSSR count). The zero-order chi connectivity index (χ0) is 22.7. The fourth-order valence-electron chi connectivity index (χ4n) is 4.23. The van der Waals surface area contributed by atoms with Crippen LogP contribution in [0.1, 0.15) is 37.2 Å². The predicted molar refractivity (Wildman–Crippen MR) is 122 cm³/mol. The number of benzene rings is 1. The molecule has 1 saturated heterocycles. The number of likely N-dealkylation sites (tertiary alicyclic amines) is 1. The number of aryl methyl sites for hydroxylation is 1. The van der Waals surface area contributed by atoms with Crippen molar-refractivity contribution in [2.45, 2.75) is 38.6 Å². The normalized spacial score (nSPS) is 16.2. The van der Waals surface area contributed by atoms with E-state index in [-0.39, 0.29) is 17.6 Å². The van der Waals surface area contributed by atoms with E-state index in [9.17, 15) is 9.18 Å². The lowest BCUT2D eigenvalue weighted by atomic mass is 9.90. The van der Waals surface area contributed by atoms with E-state index in [1.54, 1.807) is 18.3 Å². The quantitative estimate of drug-likeness (QED) is 0.592. The van der Waals surface area contributed by atoms with Crippen molar-refractivity contribution in [3.05, 3.63) is 60.2 Å². The molecule has 0 aliphatic carbocycles. The van der Waals surface area contributed by atoms with E-state index < -0.39 is 0 Å². The van der Waals surface area contributed by atoms with Crippen LogP contribution in [0.5, 0.6) is 0 Å². The van der Waals surface area contributed by atoms with Crippen LogP contribution >= 0.6 is 0 Å². The molecule has 3 heterocycles. The average Bonchev–Trinajstić information content (AvgIpc) is 3.26. The molecule has 7 nitrogen and oxygen atoms in total. The Balaban J connectivity index is 1.61. The molecule has 1 aromatic carbocycles. The van der Waals surface area contributed by atoms with Gasteiger partial charge in [0.25, 0.3) is 0 Å². The second kappa shape index (κ2) is 9.46. The van der Waals surface area contributed by atoms with E-state index >= 15 is 0 Å². The highest BCUT2D eigenvalue weighted by atomic mass is 19.1. The zero-order valence-corrected chi connectivity index (χ0v) is 18.8. The first-order chi connectivity index (χ1) is 15.5. The number of rotatable bonds is 6. The number of halogens is 1. The van der Waals surface area contributed by atoms with Crippen LogP contribution in [0.15, 0.2) is 42.9 Å². The highest BCUT2D eigenvalue weighted by molar-refractivity contribution is 5.76. The van der Waals surface area contributed by atoms with Crippen LogP contribution < -0.4 is 4.90 Å². The van der Waals surface area contributed by atoms with Crippen LogP contribution in [-0.2, 0) is 17.8 Å². The monoisotopic (exact) mass is 436 g/mol. The van der Waals surface area contributed by atoms with Gasteiger partial charge in [-0.3, -0.25) is 4.79 Å². The molecule has 0 saturated carbocycles. The summed E-state index contributed by atoms with van der Waals surface area (Å²) in [5.74, 6) is 1.44. The lowest BCUT2D eigenvalue weighted by Gasteiger charge is -2.33. The van der Waals surface area contributed by atoms with E-state index in [2.05, 4.69) is 9.97 Å². The Hall–Kier alpha value is -3.29. The molecule has 1 fully saturated rings. The van der Waals surface area contributed by atoms with Gasteiger partial charge in [0.1, 0.15) is 18.2 Å². The van der Waals surface area contributed by atoms with Crippen LogP contribution in [0.4, 0.5) is 10.3 Å². The molecular weight excluding hydrogens is 407 g/mol. The first-order valence-corrected chi connectivity index (χ1v) is 11.0. The van der Waals surface area contributed by atoms with Crippen molar-refractivity contribution in [3.8, 4) is 11.1 Å². The molecule has 0 unspecified atom stereocenters. The highest BCUT2D eigenvalue weighted by Crippen LogP contribution is 2.34. The van der Waals surface area contributed by atoms with Gasteiger partial charge in [-0.25, -0.2) is 19.3 Å². The Labute approximate surface area is 187 Å². The standard InChI is InChI=1S/C24H29FN6O/c1-4-21-26-11-13-30(21)16-22(32)31-12-5-6-18(15-31)23-20(14-27-24(28-23)29(2)3)17-7-9-19(25)10-8-17/h7-11,13-14,18H,4-6,12,15-16H2,1-3H3/t18-/m1/s1. The summed E-state index contributed by atoms with van der Waals surface area (Å²) in [7, 11) is 3.81. The van der Waals surface area contributed by atoms with Crippen molar-refractivity contribution >= 4 is 11.9 Å². The lowest BCUT2D eigenvalue weighted by molar-refractivity contribution is -0.133. The van der Waals surface area contributed by atoms with E-state index in [4.69, 9.17) is 4.98 Å². The second-order valence-corrected chi connectivity index (χ2v) is 8.37. The van der Waals surface area contributed by atoms with Crippen LogP contribution in [0.2, 0.25) is 0 Å². The summed E-state index contributed by atoms with van der Waals surface area (Å²) in [6.07, 6.45) is 8.05. The summed E-state index contributed by atoms with van der Waals surface area (Å²) in [6.45, 7) is 3.68. The van der Waals surface area contributed by atoms with Crippen molar-refractivity contribution in [1.29, 1.82) is 0 Å². The van der Waals surface area contributed by atoms with Crippen molar-refractivity contribution in [2.24, 2.45) is 0 Å². The highest BCUT2D eigenvalue weighted by Gasteiger charge is 2.28. The Bertz CT molecular complexity index is 1080. The van der Waals surface area contributed by atoms with E-state index in [0.29, 0.717) is 19.0 Å². The topological polar surface area (TPSA) is 67.2 Å². The molecule has 1 atom stereocenters. The van der Waals surface area contributed by atoms with Crippen molar-refractivity contribution in [2.75, 3.05) is 32.1 Å². The smallest absolute Gasteiger partial charge is 0.242 e. The van der Waals surface area contributed by atoms with Crippen LogP contribution in [0.25, 0.3) is 11.1 Å². The van der Waals surface area contributed by atoms with E-state index in [1.807, 2.05) is 47.8 Å². The maximum atomic E-state index is 13.5. The maximum absolute atomic E-state index is 13.5. The van der Waals surface area contributed by atoms with Gasteiger partial charge in [-0.05, 0) is 30.5 Å². The SMILES string of the molecule is CCc1nccn1CC(=O)N1CCC[C@@H](c2nc(N(C)C)ncc2-c2ccc(F)cc2)C1. The van der Waals surface area contributed by atoms with Gasteiger partial charge < -0.3 is 14.4 Å². The number of anilines is 1. The Kier molecular flexibility index (Phi) is 6.48. The summed E-state index contributed by atoms with van der Waals surface area (Å²) >= 11 is 0.